The van der Waals surface area contributed by atoms with Crippen molar-refractivity contribution in [1.82, 2.24) is 9.19 Å². The molecule has 1 aromatic heterocycles. The molecule has 0 aliphatic carbocycles. The van der Waals surface area contributed by atoms with Crippen LogP contribution in [-0.4, -0.2) is 17.6 Å². The van der Waals surface area contributed by atoms with Crippen molar-refractivity contribution in [3.63, 3.8) is 0 Å². The first-order valence-electron chi connectivity index (χ1n) is 4.65. The second-order valence-corrected chi connectivity index (χ2v) is 5.92. The van der Waals surface area contributed by atoms with Crippen molar-refractivity contribution in [2.24, 2.45) is 0 Å². The number of halogens is 2. The molecule has 0 atom stereocenters. The number of nitrogens with zero attached hydrogens (tertiary/aromatic N) is 2. The predicted molar refractivity (Wildman–Crippen MR) is 66.0 cm³/mol. The number of aromatic nitrogens is 2. The van der Waals surface area contributed by atoms with Crippen LogP contribution in [0.5, 0.6) is 0 Å². The summed E-state index contributed by atoms with van der Waals surface area (Å²) in [6.45, 7) is 1.66. The van der Waals surface area contributed by atoms with E-state index in [1.54, 1.807) is 19.1 Å². The van der Waals surface area contributed by atoms with Gasteiger partial charge in [-0.3, -0.25) is 0 Å². The van der Waals surface area contributed by atoms with Gasteiger partial charge in [0.2, 0.25) is 0 Å². The molecule has 17 heavy (non-hydrogen) atoms. The quantitative estimate of drug-likeness (QED) is 0.855. The molecule has 1 aromatic carbocycles. The SMILES string of the molecule is Cc1cc(Cl)n(S(=O)(=O)c2ccccc2Cl)n1. The summed E-state index contributed by atoms with van der Waals surface area (Å²) >= 11 is 11.7. The minimum Gasteiger partial charge on any atom is -0.199 e. The average molecular weight is 291 g/mol. The third-order valence-corrected chi connectivity index (χ3v) is 4.56. The molecule has 0 spiro atoms. The second-order valence-electron chi connectivity index (χ2n) is 3.39. The number of hydrogen-bond acceptors (Lipinski definition) is 3. The molecule has 0 saturated heterocycles. The smallest absolute Gasteiger partial charge is 0.199 e. The highest BCUT2D eigenvalue weighted by molar-refractivity contribution is 7.90. The maximum Gasteiger partial charge on any atom is 0.285 e. The summed E-state index contributed by atoms with van der Waals surface area (Å²) in [4.78, 5) is -0.0216. The van der Waals surface area contributed by atoms with Gasteiger partial charge in [0.15, 0.2) is 0 Å². The van der Waals surface area contributed by atoms with Crippen LogP contribution >= 0.6 is 23.2 Å². The van der Waals surface area contributed by atoms with E-state index in [-0.39, 0.29) is 15.1 Å². The van der Waals surface area contributed by atoms with E-state index in [2.05, 4.69) is 5.10 Å². The Morgan fingerprint density at radius 3 is 2.41 bits per heavy atom. The average Bonchev–Trinajstić information content (AvgIpc) is 2.59. The molecule has 0 aliphatic rings. The Labute approximate surface area is 109 Å². The number of aryl methyl sites for hydroxylation is 1. The standard InChI is InChI=1S/C10H8Cl2N2O2S/c1-7-6-10(12)14(13-7)17(15,16)9-5-3-2-4-8(9)11/h2-6H,1H3. The van der Waals surface area contributed by atoms with Crippen molar-refractivity contribution < 1.29 is 8.42 Å². The minimum atomic E-state index is -3.84. The van der Waals surface area contributed by atoms with Crippen molar-refractivity contribution in [3.05, 3.63) is 46.2 Å². The summed E-state index contributed by atoms with van der Waals surface area (Å²) in [5, 5.41) is 4.00. The molecule has 4 nitrogen and oxygen atoms in total. The van der Waals surface area contributed by atoms with Crippen LogP contribution in [-0.2, 0) is 10.0 Å². The van der Waals surface area contributed by atoms with E-state index in [4.69, 9.17) is 23.2 Å². The van der Waals surface area contributed by atoms with Gasteiger partial charge < -0.3 is 0 Å². The van der Waals surface area contributed by atoms with Crippen LogP contribution in [0.1, 0.15) is 5.69 Å². The Morgan fingerprint density at radius 2 is 1.88 bits per heavy atom. The highest BCUT2D eigenvalue weighted by atomic mass is 35.5. The molecule has 0 amide bonds. The van der Waals surface area contributed by atoms with Crippen LogP contribution in [0.25, 0.3) is 0 Å². The predicted octanol–water partition coefficient (Wildman–Crippen LogP) is 2.74. The Morgan fingerprint density at radius 1 is 1.24 bits per heavy atom. The van der Waals surface area contributed by atoms with Gasteiger partial charge >= 0.3 is 0 Å². The molecule has 0 unspecified atom stereocenters. The van der Waals surface area contributed by atoms with Crippen LogP contribution in [0.2, 0.25) is 10.2 Å². The zero-order chi connectivity index (χ0) is 12.6. The molecular formula is C10H8Cl2N2O2S. The lowest BCUT2D eigenvalue weighted by Crippen LogP contribution is -2.15. The lowest BCUT2D eigenvalue weighted by Gasteiger charge is -2.06. The summed E-state index contributed by atoms with van der Waals surface area (Å²) in [6, 6.07) is 7.61. The van der Waals surface area contributed by atoms with E-state index in [9.17, 15) is 8.42 Å². The third-order valence-electron chi connectivity index (χ3n) is 2.10. The first-order valence-corrected chi connectivity index (χ1v) is 6.85. The van der Waals surface area contributed by atoms with Gasteiger partial charge in [0, 0.05) is 0 Å². The molecule has 2 rings (SSSR count). The van der Waals surface area contributed by atoms with E-state index < -0.39 is 10.0 Å². The van der Waals surface area contributed by atoms with Crippen LogP contribution in [0.4, 0.5) is 0 Å². The van der Waals surface area contributed by atoms with Crippen LogP contribution < -0.4 is 0 Å². The Bertz CT molecular complexity index is 665. The van der Waals surface area contributed by atoms with Gasteiger partial charge in [0.25, 0.3) is 10.0 Å². The van der Waals surface area contributed by atoms with E-state index in [1.165, 1.54) is 18.2 Å². The Kier molecular flexibility index (Phi) is 3.16. The van der Waals surface area contributed by atoms with E-state index in [0.29, 0.717) is 5.69 Å². The second kappa shape index (κ2) is 4.33. The number of rotatable bonds is 2. The van der Waals surface area contributed by atoms with E-state index >= 15 is 0 Å². The van der Waals surface area contributed by atoms with Gasteiger partial charge in [-0.1, -0.05) is 35.3 Å². The maximum atomic E-state index is 12.2. The van der Waals surface area contributed by atoms with Crippen LogP contribution in [0.15, 0.2) is 35.2 Å². The summed E-state index contributed by atoms with van der Waals surface area (Å²) < 4.78 is 25.2. The summed E-state index contributed by atoms with van der Waals surface area (Å²) in [5.74, 6) is 0. The van der Waals surface area contributed by atoms with Crippen molar-refractivity contribution in [2.75, 3.05) is 0 Å². The molecule has 0 aliphatic heterocycles. The number of benzene rings is 1. The summed E-state index contributed by atoms with van der Waals surface area (Å²) in [5.41, 5.74) is 0.519. The summed E-state index contributed by atoms with van der Waals surface area (Å²) in [6.07, 6.45) is 0. The topological polar surface area (TPSA) is 52.0 Å². The zero-order valence-corrected chi connectivity index (χ0v) is 11.1. The third kappa shape index (κ3) is 2.18. The van der Waals surface area contributed by atoms with Crippen molar-refractivity contribution in [2.45, 2.75) is 11.8 Å². The van der Waals surface area contributed by atoms with Crippen LogP contribution in [0, 0.1) is 6.92 Å². The molecule has 90 valence electrons. The lowest BCUT2D eigenvalue weighted by molar-refractivity contribution is 0.580. The van der Waals surface area contributed by atoms with Crippen molar-refractivity contribution in [3.8, 4) is 0 Å². The summed E-state index contributed by atoms with van der Waals surface area (Å²) in [7, 11) is -3.84. The molecule has 0 fully saturated rings. The maximum absolute atomic E-state index is 12.2. The van der Waals surface area contributed by atoms with E-state index in [1.807, 2.05) is 0 Å². The zero-order valence-electron chi connectivity index (χ0n) is 8.76. The Hall–Kier alpha value is -1.04. The van der Waals surface area contributed by atoms with Gasteiger partial charge in [-0.25, -0.2) is 0 Å². The molecule has 0 N–H and O–H groups in total. The highest BCUT2D eigenvalue weighted by Crippen LogP contribution is 2.25. The fraction of sp³-hybridized carbons (Fsp3) is 0.100. The molecule has 0 radical (unpaired) electrons. The van der Waals surface area contributed by atoms with Gasteiger partial charge in [-0.2, -0.15) is 13.5 Å². The minimum absolute atomic E-state index is 0.0216. The van der Waals surface area contributed by atoms with Gasteiger partial charge in [-0.15, -0.1) is 4.09 Å². The molecular weight excluding hydrogens is 283 g/mol. The first-order chi connectivity index (χ1) is 7.93. The lowest BCUT2D eigenvalue weighted by atomic mass is 10.4. The van der Waals surface area contributed by atoms with Gasteiger partial charge in [-0.05, 0) is 25.1 Å². The van der Waals surface area contributed by atoms with Crippen molar-refractivity contribution >= 4 is 33.2 Å². The van der Waals surface area contributed by atoms with Crippen LogP contribution in [0.3, 0.4) is 0 Å². The normalized spacial score (nSPS) is 11.7. The Balaban J connectivity index is 2.66. The molecule has 0 bridgehead atoms. The fourth-order valence-electron chi connectivity index (χ4n) is 1.36. The molecule has 1 heterocycles. The fourth-order valence-corrected chi connectivity index (χ4v) is 3.53. The first kappa shape index (κ1) is 12.4. The monoisotopic (exact) mass is 290 g/mol. The highest BCUT2D eigenvalue weighted by Gasteiger charge is 2.23. The van der Waals surface area contributed by atoms with Gasteiger partial charge in [0.1, 0.15) is 10.0 Å². The van der Waals surface area contributed by atoms with Gasteiger partial charge in [0.05, 0.1) is 10.7 Å². The molecule has 0 saturated carbocycles. The van der Waals surface area contributed by atoms with E-state index in [0.717, 1.165) is 4.09 Å². The number of hydrogen-bond donors (Lipinski definition) is 0. The molecule has 7 heteroatoms. The largest absolute Gasteiger partial charge is 0.285 e. The van der Waals surface area contributed by atoms with Crippen molar-refractivity contribution in [1.29, 1.82) is 0 Å². The molecule has 2 aromatic rings.